The average Bonchev–Trinajstić information content (AvgIpc) is 3.54. The number of nitrogens with one attached hydrogen (secondary N) is 1. The number of fused-ring (bicyclic) bond motifs is 5. The molecule has 2 N–H and O–H groups in total. The van der Waals surface area contributed by atoms with Gasteiger partial charge in [0, 0.05) is 26.9 Å². The minimum absolute atomic E-state index is 0.0503. The molecule has 2 heterocycles. The summed E-state index contributed by atoms with van der Waals surface area (Å²) in [6, 6.07) is 29.6. The second kappa shape index (κ2) is 12.3. The van der Waals surface area contributed by atoms with Crippen LogP contribution in [0.5, 0.6) is 5.75 Å². The summed E-state index contributed by atoms with van der Waals surface area (Å²) in [6.45, 7) is 0. The van der Waals surface area contributed by atoms with Crippen LogP contribution in [0.25, 0.3) is 10.8 Å². The molecule has 3 fully saturated rings. The lowest BCUT2D eigenvalue weighted by molar-refractivity contribution is -0.138. The number of phenols is 1. The zero-order valence-electron chi connectivity index (χ0n) is 27.9. The largest absolute Gasteiger partial charge is 0.507 e. The van der Waals surface area contributed by atoms with Gasteiger partial charge in [-0.05, 0) is 90.4 Å². The topological polar surface area (TPSA) is 107 Å². The van der Waals surface area contributed by atoms with Crippen LogP contribution in [0, 0.1) is 29.5 Å². The molecular formula is C42H30Cl2FN3O5. The molecule has 0 bridgehead atoms. The van der Waals surface area contributed by atoms with Crippen molar-refractivity contribution in [1.82, 2.24) is 5.01 Å². The van der Waals surface area contributed by atoms with Crippen LogP contribution in [0.15, 0.2) is 121 Å². The summed E-state index contributed by atoms with van der Waals surface area (Å²) in [5.74, 6) is -6.53. The van der Waals surface area contributed by atoms with E-state index in [1.165, 1.54) is 29.2 Å². The molecule has 9 rings (SSSR count). The van der Waals surface area contributed by atoms with Crippen molar-refractivity contribution in [3.8, 4) is 5.75 Å². The van der Waals surface area contributed by atoms with Crippen molar-refractivity contribution < 1.29 is 28.7 Å². The normalized spacial score (nSPS) is 26.4. The van der Waals surface area contributed by atoms with E-state index >= 15 is 4.79 Å². The van der Waals surface area contributed by atoms with Gasteiger partial charge < -0.3 is 5.11 Å². The summed E-state index contributed by atoms with van der Waals surface area (Å²) < 4.78 is 13.9. The summed E-state index contributed by atoms with van der Waals surface area (Å²) >= 11 is 12.5. The summed E-state index contributed by atoms with van der Waals surface area (Å²) in [7, 11) is 0. The molecule has 2 saturated heterocycles. The third-order valence-electron chi connectivity index (χ3n) is 11.6. The SMILES string of the molecule is O=C1[C@@H]2C[C@@H]3C(=CC[C@@H]4C(=O)N(c5ccc(Cl)cc5)C(=O)[C@@H]43)[C@H](c3ccc4ccccc4c3O)[C@]2(c2ccc(Cl)cc2)C(=O)N1Nc1ccc(F)cc1. The number of anilines is 2. The average molecular weight is 747 g/mol. The first-order valence-electron chi connectivity index (χ1n) is 17.3. The molecule has 0 spiro atoms. The Morgan fingerprint density at radius 2 is 1.43 bits per heavy atom. The second-order valence-corrected chi connectivity index (χ2v) is 15.0. The van der Waals surface area contributed by atoms with E-state index in [-0.39, 0.29) is 24.5 Å². The smallest absolute Gasteiger partial charge is 0.260 e. The number of benzene rings is 5. The van der Waals surface area contributed by atoms with E-state index < -0.39 is 58.5 Å². The van der Waals surface area contributed by atoms with E-state index in [4.69, 9.17) is 23.2 Å². The first-order valence-corrected chi connectivity index (χ1v) is 18.1. The number of phenolic OH excluding ortho intramolecular Hbond substituents is 1. The molecule has 4 aliphatic rings. The van der Waals surface area contributed by atoms with Crippen molar-refractivity contribution in [3.05, 3.63) is 148 Å². The van der Waals surface area contributed by atoms with Gasteiger partial charge in [-0.1, -0.05) is 83.4 Å². The monoisotopic (exact) mass is 745 g/mol. The molecule has 2 aliphatic carbocycles. The fourth-order valence-electron chi connectivity index (χ4n) is 9.35. The minimum atomic E-state index is -1.62. The minimum Gasteiger partial charge on any atom is -0.507 e. The highest BCUT2D eigenvalue weighted by molar-refractivity contribution is 6.31. The van der Waals surface area contributed by atoms with Gasteiger partial charge in [0.25, 0.3) is 11.8 Å². The Hall–Kier alpha value is -5.51. The highest BCUT2D eigenvalue weighted by Gasteiger charge is 2.70. The number of carbonyl (C=O) groups excluding carboxylic acids is 4. The lowest BCUT2D eigenvalue weighted by Gasteiger charge is -2.50. The molecule has 2 aliphatic heterocycles. The first kappa shape index (κ1) is 33.3. The number of imide groups is 2. The Labute approximate surface area is 313 Å². The van der Waals surface area contributed by atoms with Gasteiger partial charge in [-0.3, -0.25) is 29.5 Å². The molecule has 5 aromatic carbocycles. The van der Waals surface area contributed by atoms with Crippen molar-refractivity contribution in [2.24, 2.45) is 23.7 Å². The number of hydrazine groups is 1. The Kier molecular flexibility index (Phi) is 7.73. The van der Waals surface area contributed by atoms with Crippen LogP contribution < -0.4 is 10.3 Å². The van der Waals surface area contributed by atoms with Crippen molar-refractivity contribution in [2.45, 2.75) is 24.2 Å². The summed E-state index contributed by atoms with van der Waals surface area (Å²) in [4.78, 5) is 60.0. The number of halogens is 3. The molecule has 6 atom stereocenters. The van der Waals surface area contributed by atoms with Crippen molar-refractivity contribution >= 4 is 69.0 Å². The van der Waals surface area contributed by atoms with Crippen LogP contribution in [0.3, 0.4) is 0 Å². The number of aromatic hydroxyl groups is 1. The van der Waals surface area contributed by atoms with Crippen LogP contribution >= 0.6 is 23.2 Å². The molecule has 8 nitrogen and oxygen atoms in total. The lowest BCUT2D eigenvalue weighted by atomic mass is 9.49. The summed E-state index contributed by atoms with van der Waals surface area (Å²) in [5.41, 5.74) is 3.65. The van der Waals surface area contributed by atoms with Crippen LogP contribution in [0.1, 0.15) is 29.9 Å². The predicted octanol–water partition coefficient (Wildman–Crippen LogP) is 8.18. The van der Waals surface area contributed by atoms with E-state index in [0.717, 1.165) is 10.4 Å². The van der Waals surface area contributed by atoms with Gasteiger partial charge in [0.1, 0.15) is 11.6 Å². The van der Waals surface area contributed by atoms with Gasteiger partial charge in [0.2, 0.25) is 11.8 Å². The Balaban J connectivity index is 1.27. The third-order valence-corrected chi connectivity index (χ3v) is 12.1. The third kappa shape index (κ3) is 4.87. The molecular weight excluding hydrogens is 716 g/mol. The summed E-state index contributed by atoms with van der Waals surface area (Å²) in [6.07, 6.45) is 2.22. The molecule has 0 unspecified atom stereocenters. The van der Waals surface area contributed by atoms with Crippen molar-refractivity contribution in [1.29, 1.82) is 0 Å². The standard InChI is InChI=1S/C42H30Cl2FN3O5/c43-24-8-6-23(7-9-24)42-34(39(51)48(41(42)53)46-27-14-12-26(45)13-15-27)21-33-30(36(42)32-18-5-22-3-1-2-4-29(22)37(32)49)19-20-31-35(33)40(52)47(38(31)50)28-16-10-25(44)11-17-28/h1-19,31,33-36,46,49H,20-21H2/t31-,33+,34-,35-,36+,42+/m0/s1. The summed E-state index contributed by atoms with van der Waals surface area (Å²) in [5, 5.41) is 15.3. The van der Waals surface area contributed by atoms with E-state index in [0.29, 0.717) is 43.5 Å². The van der Waals surface area contributed by atoms with Crippen molar-refractivity contribution in [3.63, 3.8) is 0 Å². The quantitative estimate of drug-likeness (QED) is 0.139. The maximum atomic E-state index is 15.4. The Bertz CT molecular complexity index is 2400. The maximum Gasteiger partial charge on any atom is 0.260 e. The van der Waals surface area contributed by atoms with Crippen molar-refractivity contribution in [2.75, 3.05) is 10.3 Å². The van der Waals surface area contributed by atoms with Gasteiger partial charge in [0.05, 0.1) is 34.5 Å². The number of carbonyl (C=O) groups is 4. The number of allylic oxidation sites excluding steroid dienone is 2. The van der Waals surface area contributed by atoms with Crippen LogP contribution in [0.2, 0.25) is 10.0 Å². The number of nitrogens with zero attached hydrogens (tertiary/aromatic N) is 2. The maximum absolute atomic E-state index is 15.4. The fraction of sp³-hybridized carbons (Fsp3) is 0.190. The van der Waals surface area contributed by atoms with Gasteiger partial charge in [-0.25, -0.2) is 4.39 Å². The highest BCUT2D eigenvalue weighted by Crippen LogP contribution is 2.65. The molecule has 53 heavy (non-hydrogen) atoms. The molecule has 4 amide bonds. The van der Waals surface area contributed by atoms with E-state index in [2.05, 4.69) is 5.43 Å². The molecule has 264 valence electrons. The zero-order valence-corrected chi connectivity index (χ0v) is 29.4. The highest BCUT2D eigenvalue weighted by atomic mass is 35.5. The molecule has 0 aromatic heterocycles. The Morgan fingerprint density at radius 3 is 2.15 bits per heavy atom. The van der Waals surface area contributed by atoms with Gasteiger partial charge >= 0.3 is 0 Å². The number of hydrogen-bond donors (Lipinski definition) is 2. The van der Waals surface area contributed by atoms with E-state index in [9.17, 15) is 23.9 Å². The van der Waals surface area contributed by atoms with Gasteiger partial charge in [0.15, 0.2) is 0 Å². The lowest BCUT2D eigenvalue weighted by Crippen LogP contribution is -2.53. The van der Waals surface area contributed by atoms with E-state index in [1.54, 1.807) is 60.7 Å². The van der Waals surface area contributed by atoms with Gasteiger partial charge in [-0.2, -0.15) is 5.01 Å². The molecule has 5 aromatic rings. The fourth-order valence-corrected chi connectivity index (χ4v) is 9.60. The van der Waals surface area contributed by atoms with E-state index in [1.807, 2.05) is 30.3 Å². The van der Waals surface area contributed by atoms with Crippen LogP contribution in [0.4, 0.5) is 15.8 Å². The number of rotatable bonds is 5. The molecule has 11 heteroatoms. The predicted molar refractivity (Wildman–Crippen MR) is 199 cm³/mol. The second-order valence-electron chi connectivity index (χ2n) is 14.1. The number of amides is 4. The Morgan fingerprint density at radius 1 is 0.755 bits per heavy atom. The first-order chi connectivity index (χ1) is 25.6. The number of hydrogen-bond acceptors (Lipinski definition) is 6. The van der Waals surface area contributed by atoms with Gasteiger partial charge in [-0.15, -0.1) is 0 Å². The zero-order chi connectivity index (χ0) is 36.8. The van der Waals surface area contributed by atoms with Crippen LogP contribution in [-0.2, 0) is 24.6 Å². The van der Waals surface area contributed by atoms with Crippen LogP contribution in [-0.4, -0.2) is 33.7 Å². The molecule has 1 saturated carbocycles. The molecule has 0 radical (unpaired) electrons.